The minimum Gasteiger partial charge on any atom is -0.481 e. The highest BCUT2D eigenvalue weighted by Gasteiger charge is 2.32. The van der Waals surface area contributed by atoms with E-state index in [0.717, 1.165) is 0 Å². The van der Waals surface area contributed by atoms with E-state index in [2.05, 4.69) is 5.32 Å². The Morgan fingerprint density at radius 3 is 1.95 bits per heavy atom. The summed E-state index contributed by atoms with van der Waals surface area (Å²) in [6, 6.07) is -0.452. The molecule has 0 rings (SSSR count). The molecule has 0 saturated carbocycles. The van der Waals surface area contributed by atoms with Crippen LogP contribution in [0.25, 0.3) is 0 Å². The van der Waals surface area contributed by atoms with Gasteiger partial charge in [-0.2, -0.15) is 0 Å². The van der Waals surface area contributed by atoms with Crippen molar-refractivity contribution in [1.82, 2.24) is 5.32 Å². The monoisotopic (exact) mass is 273 g/mol. The number of alkyl carbamates (subject to hydrolysis) is 1. The van der Waals surface area contributed by atoms with Gasteiger partial charge in [-0.1, -0.05) is 27.7 Å². The van der Waals surface area contributed by atoms with Crippen LogP contribution in [0.3, 0.4) is 0 Å². The van der Waals surface area contributed by atoms with Crippen LogP contribution in [0.15, 0.2) is 0 Å². The van der Waals surface area contributed by atoms with E-state index >= 15 is 0 Å². The predicted octanol–water partition coefficient (Wildman–Crippen LogP) is 3.04. The average Bonchev–Trinajstić information content (AvgIpc) is 2.09. The molecule has 0 aromatic carbocycles. The molecule has 0 bridgehead atoms. The normalized spacial score (nSPS) is 15.5. The number of carbonyl (C=O) groups is 2. The van der Waals surface area contributed by atoms with Crippen LogP contribution in [-0.4, -0.2) is 28.8 Å². The van der Waals surface area contributed by atoms with Crippen molar-refractivity contribution in [2.75, 3.05) is 0 Å². The fourth-order valence-electron chi connectivity index (χ4n) is 1.60. The lowest BCUT2D eigenvalue weighted by Gasteiger charge is -2.34. The minimum atomic E-state index is -0.933. The molecule has 2 atom stereocenters. The highest BCUT2D eigenvalue weighted by atomic mass is 16.6. The number of hydrogen-bond acceptors (Lipinski definition) is 3. The number of nitrogens with one attached hydrogen (secondary N) is 1. The maximum Gasteiger partial charge on any atom is 0.407 e. The van der Waals surface area contributed by atoms with Gasteiger partial charge in [0.15, 0.2) is 0 Å². The largest absolute Gasteiger partial charge is 0.481 e. The first-order valence-corrected chi connectivity index (χ1v) is 6.54. The summed E-state index contributed by atoms with van der Waals surface area (Å²) in [6.45, 7) is 13.3. The molecule has 0 spiro atoms. The van der Waals surface area contributed by atoms with Gasteiger partial charge in [0.1, 0.15) is 5.60 Å². The molecule has 0 aromatic rings. The van der Waals surface area contributed by atoms with Crippen molar-refractivity contribution in [2.24, 2.45) is 11.3 Å². The smallest absolute Gasteiger partial charge is 0.407 e. The molecule has 0 saturated heterocycles. The number of carboxylic acid groups (broad SMARTS) is 1. The van der Waals surface area contributed by atoms with Crippen LogP contribution in [0.4, 0.5) is 4.79 Å². The van der Waals surface area contributed by atoms with Gasteiger partial charge in [-0.3, -0.25) is 4.79 Å². The summed E-state index contributed by atoms with van der Waals surface area (Å²) in [5, 5.41) is 11.6. The van der Waals surface area contributed by atoms with Gasteiger partial charge in [0.2, 0.25) is 0 Å². The Balaban J connectivity index is 4.79. The molecular formula is C14H27NO4. The third-order valence-corrected chi connectivity index (χ3v) is 3.07. The molecule has 0 heterocycles. The molecule has 2 N–H and O–H groups in total. The number of carbonyl (C=O) groups excluding carboxylic acids is 1. The lowest BCUT2D eigenvalue weighted by molar-refractivity contribution is -0.138. The Bertz CT molecular complexity index is 325. The van der Waals surface area contributed by atoms with Crippen LogP contribution >= 0.6 is 0 Å². The van der Waals surface area contributed by atoms with E-state index < -0.39 is 23.7 Å². The molecular weight excluding hydrogens is 246 g/mol. The maximum absolute atomic E-state index is 11.8. The first-order chi connectivity index (χ1) is 8.33. The van der Waals surface area contributed by atoms with E-state index in [1.165, 1.54) is 0 Å². The number of hydrogen-bond donors (Lipinski definition) is 2. The summed E-state index contributed by atoms with van der Waals surface area (Å²) in [4.78, 5) is 22.7. The Kier molecular flexibility index (Phi) is 5.84. The molecule has 112 valence electrons. The maximum atomic E-state index is 11.8. The third-order valence-electron chi connectivity index (χ3n) is 3.07. The zero-order valence-electron chi connectivity index (χ0n) is 13.0. The topological polar surface area (TPSA) is 75.6 Å². The first-order valence-electron chi connectivity index (χ1n) is 6.54. The van der Waals surface area contributed by atoms with Crippen LogP contribution in [0, 0.1) is 11.3 Å². The van der Waals surface area contributed by atoms with Gasteiger partial charge < -0.3 is 15.2 Å². The number of ether oxygens (including phenoxy) is 1. The highest BCUT2D eigenvalue weighted by Crippen LogP contribution is 2.29. The van der Waals surface area contributed by atoms with E-state index in [9.17, 15) is 9.59 Å². The molecule has 5 heteroatoms. The van der Waals surface area contributed by atoms with Gasteiger partial charge in [0.25, 0.3) is 0 Å². The summed E-state index contributed by atoms with van der Waals surface area (Å²) < 4.78 is 5.17. The quantitative estimate of drug-likeness (QED) is 0.825. The van der Waals surface area contributed by atoms with E-state index in [4.69, 9.17) is 9.84 Å². The van der Waals surface area contributed by atoms with Crippen molar-refractivity contribution in [3.8, 4) is 0 Å². The average molecular weight is 273 g/mol. The molecule has 0 aliphatic heterocycles. The number of amides is 1. The molecule has 1 amide bonds. The van der Waals surface area contributed by atoms with Crippen molar-refractivity contribution in [1.29, 1.82) is 0 Å². The Hall–Kier alpha value is -1.26. The summed E-state index contributed by atoms with van der Waals surface area (Å²) in [6.07, 6.45) is -0.688. The van der Waals surface area contributed by atoms with Crippen LogP contribution in [-0.2, 0) is 9.53 Å². The lowest BCUT2D eigenvalue weighted by atomic mass is 9.76. The predicted molar refractivity (Wildman–Crippen MR) is 74.0 cm³/mol. The van der Waals surface area contributed by atoms with Gasteiger partial charge in [-0.15, -0.1) is 0 Å². The molecule has 5 nitrogen and oxygen atoms in total. The van der Waals surface area contributed by atoms with E-state index in [0.29, 0.717) is 0 Å². The summed E-state index contributed by atoms with van der Waals surface area (Å²) in [5.74, 6) is -0.923. The molecule has 0 radical (unpaired) electrons. The zero-order chi connectivity index (χ0) is 15.4. The van der Waals surface area contributed by atoms with Crippen molar-refractivity contribution in [3.63, 3.8) is 0 Å². The Morgan fingerprint density at radius 1 is 1.16 bits per heavy atom. The standard InChI is InChI=1S/C14H27NO4/c1-9(13(2,3)4)10(8-11(16)17)15-12(18)19-14(5,6)7/h9-10H,8H2,1-7H3,(H,15,18)(H,16,17). The number of rotatable bonds is 4. The first kappa shape index (κ1) is 17.7. The second-order valence-corrected chi connectivity index (χ2v) is 7.01. The molecule has 0 fully saturated rings. The molecule has 0 aromatic heterocycles. The SMILES string of the molecule is CC(C(CC(=O)O)NC(=O)OC(C)(C)C)C(C)(C)C. The molecule has 2 unspecified atom stereocenters. The summed E-state index contributed by atoms with van der Waals surface area (Å²) >= 11 is 0. The fourth-order valence-corrected chi connectivity index (χ4v) is 1.60. The third kappa shape index (κ3) is 7.70. The fraction of sp³-hybridized carbons (Fsp3) is 0.857. The van der Waals surface area contributed by atoms with Crippen LogP contribution in [0.5, 0.6) is 0 Å². The molecule has 0 aliphatic carbocycles. The summed E-state index contributed by atoms with van der Waals surface area (Å²) in [5.41, 5.74) is -0.696. The van der Waals surface area contributed by atoms with Crippen molar-refractivity contribution < 1.29 is 19.4 Å². The second kappa shape index (κ2) is 6.26. The second-order valence-electron chi connectivity index (χ2n) is 7.01. The summed E-state index contributed by atoms with van der Waals surface area (Å²) in [7, 11) is 0. The van der Waals surface area contributed by atoms with E-state index in [1.54, 1.807) is 20.8 Å². The van der Waals surface area contributed by atoms with Crippen LogP contribution < -0.4 is 5.32 Å². The molecule has 0 aliphatic rings. The highest BCUT2D eigenvalue weighted by molar-refractivity contribution is 5.71. The van der Waals surface area contributed by atoms with Crippen molar-refractivity contribution >= 4 is 12.1 Å². The lowest BCUT2D eigenvalue weighted by Crippen LogP contribution is -2.46. The van der Waals surface area contributed by atoms with Gasteiger partial charge in [-0.25, -0.2) is 4.79 Å². The van der Waals surface area contributed by atoms with Crippen LogP contribution in [0.2, 0.25) is 0 Å². The number of aliphatic carboxylic acids is 1. The van der Waals surface area contributed by atoms with Crippen molar-refractivity contribution in [2.45, 2.75) is 66.5 Å². The van der Waals surface area contributed by atoms with Gasteiger partial charge in [0, 0.05) is 6.04 Å². The van der Waals surface area contributed by atoms with Crippen molar-refractivity contribution in [3.05, 3.63) is 0 Å². The minimum absolute atomic E-state index is 0.0103. The Morgan fingerprint density at radius 2 is 1.63 bits per heavy atom. The van der Waals surface area contributed by atoms with Gasteiger partial charge >= 0.3 is 12.1 Å². The molecule has 19 heavy (non-hydrogen) atoms. The van der Waals surface area contributed by atoms with E-state index in [1.807, 2.05) is 27.7 Å². The van der Waals surface area contributed by atoms with Crippen LogP contribution in [0.1, 0.15) is 54.9 Å². The Labute approximate surface area is 115 Å². The number of carboxylic acids is 1. The zero-order valence-corrected chi connectivity index (χ0v) is 13.0. The van der Waals surface area contributed by atoms with E-state index in [-0.39, 0.29) is 17.8 Å². The van der Waals surface area contributed by atoms with Gasteiger partial charge in [0.05, 0.1) is 6.42 Å². The van der Waals surface area contributed by atoms with Gasteiger partial charge in [-0.05, 0) is 32.1 Å².